The monoisotopic (exact) mass is 336 g/mol. The molecule has 0 radical (unpaired) electrons. The summed E-state index contributed by atoms with van der Waals surface area (Å²) >= 11 is 0. The number of carbonyl (C=O) groups is 1. The van der Waals surface area contributed by atoms with Crippen LogP contribution in [0.4, 0.5) is 0 Å². The maximum atomic E-state index is 12.3. The summed E-state index contributed by atoms with van der Waals surface area (Å²) in [6, 6.07) is 14.6. The van der Waals surface area contributed by atoms with Gasteiger partial charge in [-0.3, -0.25) is 9.59 Å². The third-order valence-electron chi connectivity index (χ3n) is 3.95. The zero-order valence-corrected chi connectivity index (χ0v) is 14.2. The van der Waals surface area contributed by atoms with E-state index in [-0.39, 0.29) is 11.6 Å². The van der Waals surface area contributed by atoms with E-state index in [4.69, 9.17) is 4.42 Å². The van der Waals surface area contributed by atoms with Gasteiger partial charge in [0.1, 0.15) is 11.3 Å². The Morgan fingerprint density at radius 2 is 2.04 bits per heavy atom. The standard InChI is InChI=1S/C20H20N2O3/c1-13-5-3-6-15(11-13)18-9-8-17(20(24)22-18)19(23)21-14(2)12-16-7-4-10-25-16/h3-11,14H,12H2,1-2H3,(H,21,23)(H,22,24). The number of benzene rings is 1. The molecule has 0 saturated heterocycles. The predicted octanol–water partition coefficient (Wildman–Crippen LogP) is 3.30. The average molecular weight is 336 g/mol. The lowest BCUT2D eigenvalue weighted by molar-refractivity contribution is 0.0938. The summed E-state index contributed by atoms with van der Waals surface area (Å²) in [6.45, 7) is 3.86. The molecule has 0 aliphatic heterocycles. The van der Waals surface area contributed by atoms with E-state index < -0.39 is 11.5 Å². The van der Waals surface area contributed by atoms with Crippen molar-refractivity contribution >= 4 is 5.91 Å². The summed E-state index contributed by atoms with van der Waals surface area (Å²) in [5.74, 6) is 0.396. The zero-order chi connectivity index (χ0) is 17.8. The van der Waals surface area contributed by atoms with Crippen LogP contribution in [0.2, 0.25) is 0 Å². The summed E-state index contributed by atoms with van der Waals surface area (Å²) in [6.07, 6.45) is 2.16. The van der Waals surface area contributed by atoms with Gasteiger partial charge in [0.2, 0.25) is 0 Å². The fourth-order valence-electron chi connectivity index (χ4n) is 2.72. The number of hydrogen-bond donors (Lipinski definition) is 2. The fourth-order valence-corrected chi connectivity index (χ4v) is 2.72. The Balaban J connectivity index is 1.74. The van der Waals surface area contributed by atoms with Crippen LogP contribution < -0.4 is 10.9 Å². The minimum absolute atomic E-state index is 0.0997. The zero-order valence-electron chi connectivity index (χ0n) is 14.2. The van der Waals surface area contributed by atoms with E-state index in [1.807, 2.05) is 44.2 Å². The van der Waals surface area contributed by atoms with Crippen molar-refractivity contribution in [2.24, 2.45) is 0 Å². The lowest BCUT2D eigenvalue weighted by atomic mass is 10.1. The van der Waals surface area contributed by atoms with E-state index in [1.54, 1.807) is 24.5 Å². The smallest absolute Gasteiger partial charge is 0.261 e. The summed E-state index contributed by atoms with van der Waals surface area (Å²) in [5, 5.41) is 2.82. The van der Waals surface area contributed by atoms with Gasteiger partial charge in [-0.25, -0.2) is 0 Å². The van der Waals surface area contributed by atoms with Crippen LogP contribution in [-0.2, 0) is 6.42 Å². The lowest BCUT2D eigenvalue weighted by Gasteiger charge is -2.12. The molecule has 0 spiro atoms. The molecule has 25 heavy (non-hydrogen) atoms. The topological polar surface area (TPSA) is 75.1 Å². The van der Waals surface area contributed by atoms with E-state index in [9.17, 15) is 9.59 Å². The molecule has 0 fully saturated rings. The van der Waals surface area contributed by atoms with Crippen LogP contribution in [0.15, 0.2) is 64.0 Å². The second kappa shape index (κ2) is 7.21. The first-order valence-electron chi connectivity index (χ1n) is 8.16. The highest BCUT2D eigenvalue weighted by Crippen LogP contribution is 2.17. The molecule has 128 valence electrons. The van der Waals surface area contributed by atoms with Gasteiger partial charge in [-0.2, -0.15) is 0 Å². The van der Waals surface area contributed by atoms with Crippen LogP contribution in [0.1, 0.15) is 28.6 Å². The fraction of sp³-hybridized carbons (Fsp3) is 0.200. The number of H-pyrrole nitrogens is 1. The number of carbonyl (C=O) groups excluding carboxylic acids is 1. The van der Waals surface area contributed by atoms with Gasteiger partial charge in [0, 0.05) is 18.2 Å². The van der Waals surface area contributed by atoms with Crippen molar-refractivity contribution in [3.8, 4) is 11.3 Å². The molecule has 2 heterocycles. The highest BCUT2D eigenvalue weighted by atomic mass is 16.3. The van der Waals surface area contributed by atoms with Gasteiger partial charge in [-0.1, -0.05) is 23.8 Å². The Morgan fingerprint density at radius 3 is 2.72 bits per heavy atom. The van der Waals surface area contributed by atoms with Gasteiger partial charge in [0.15, 0.2) is 0 Å². The van der Waals surface area contributed by atoms with E-state index in [2.05, 4.69) is 10.3 Å². The molecule has 3 rings (SSSR count). The molecule has 0 aliphatic carbocycles. The normalized spacial score (nSPS) is 11.9. The molecule has 5 heteroatoms. The molecule has 1 amide bonds. The minimum Gasteiger partial charge on any atom is -0.469 e. The number of amides is 1. The molecule has 2 N–H and O–H groups in total. The summed E-state index contributed by atoms with van der Waals surface area (Å²) in [5.41, 5.74) is 2.40. The Kier molecular flexibility index (Phi) is 4.84. The number of furan rings is 1. The van der Waals surface area contributed by atoms with Crippen LogP contribution in [-0.4, -0.2) is 16.9 Å². The van der Waals surface area contributed by atoms with Crippen molar-refractivity contribution in [2.75, 3.05) is 0 Å². The molecule has 0 saturated carbocycles. The highest BCUT2D eigenvalue weighted by molar-refractivity contribution is 5.94. The summed E-state index contributed by atoms with van der Waals surface area (Å²) < 4.78 is 5.27. The van der Waals surface area contributed by atoms with Crippen molar-refractivity contribution in [2.45, 2.75) is 26.3 Å². The van der Waals surface area contributed by atoms with Crippen molar-refractivity contribution in [3.05, 3.63) is 82.0 Å². The largest absolute Gasteiger partial charge is 0.469 e. The molecular formula is C20H20N2O3. The van der Waals surface area contributed by atoms with Crippen LogP contribution >= 0.6 is 0 Å². The first-order chi connectivity index (χ1) is 12.0. The van der Waals surface area contributed by atoms with E-state index in [0.717, 1.165) is 16.9 Å². The molecule has 0 bridgehead atoms. The number of rotatable bonds is 5. The first-order valence-corrected chi connectivity index (χ1v) is 8.16. The van der Waals surface area contributed by atoms with Crippen LogP contribution in [0.25, 0.3) is 11.3 Å². The average Bonchev–Trinajstić information content (AvgIpc) is 3.07. The maximum Gasteiger partial charge on any atom is 0.261 e. The number of hydrogen-bond acceptors (Lipinski definition) is 3. The second-order valence-electron chi connectivity index (χ2n) is 6.14. The first kappa shape index (κ1) is 16.8. The molecular weight excluding hydrogens is 316 g/mol. The van der Waals surface area contributed by atoms with Gasteiger partial charge in [0.05, 0.1) is 6.26 Å². The number of aromatic amines is 1. The molecule has 5 nitrogen and oxygen atoms in total. The van der Waals surface area contributed by atoms with Gasteiger partial charge < -0.3 is 14.7 Å². The van der Waals surface area contributed by atoms with E-state index >= 15 is 0 Å². The van der Waals surface area contributed by atoms with Crippen molar-refractivity contribution in [1.82, 2.24) is 10.3 Å². The van der Waals surface area contributed by atoms with Crippen LogP contribution in [0.3, 0.4) is 0 Å². The lowest BCUT2D eigenvalue weighted by Crippen LogP contribution is -2.37. The number of aromatic nitrogens is 1. The van der Waals surface area contributed by atoms with Gasteiger partial charge in [-0.15, -0.1) is 0 Å². The Labute approximate surface area is 145 Å². The second-order valence-corrected chi connectivity index (χ2v) is 6.14. The molecule has 1 unspecified atom stereocenters. The third kappa shape index (κ3) is 4.07. The number of nitrogens with one attached hydrogen (secondary N) is 2. The Hall–Kier alpha value is -3.08. The molecule has 1 aromatic carbocycles. The molecule has 1 atom stereocenters. The van der Waals surface area contributed by atoms with Crippen LogP contribution in [0.5, 0.6) is 0 Å². The van der Waals surface area contributed by atoms with E-state index in [0.29, 0.717) is 12.1 Å². The van der Waals surface area contributed by atoms with Gasteiger partial charge >= 0.3 is 0 Å². The summed E-state index contributed by atoms with van der Waals surface area (Å²) in [4.78, 5) is 27.4. The highest BCUT2D eigenvalue weighted by Gasteiger charge is 2.15. The quantitative estimate of drug-likeness (QED) is 0.750. The van der Waals surface area contributed by atoms with Crippen molar-refractivity contribution in [3.63, 3.8) is 0 Å². The Bertz CT molecular complexity index is 926. The molecule has 2 aromatic heterocycles. The predicted molar refractivity (Wildman–Crippen MR) is 96.6 cm³/mol. The third-order valence-corrected chi connectivity index (χ3v) is 3.95. The number of aryl methyl sites for hydroxylation is 1. The minimum atomic E-state index is -0.401. The SMILES string of the molecule is Cc1cccc(-c2ccc(C(=O)NC(C)Cc3ccco3)c(=O)[nH]2)c1. The van der Waals surface area contributed by atoms with Gasteiger partial charge in [0.25, 0.3) is 11.5 Å². The maximum absolute atomic E-state index is 12.3. The van der Waals surface area contributed by atoms with Crippen molar-refractivity contribution < 1.29 is 9.21 Å². The molecule has 3 aromatic rings. The summed E-state index contributed by atoms with van der Waals surface area (Å²) in [7, 11) is 0. The Morgan fingerprint density at radius 1 is 1.20 bits per heavy atom. The van der Waals surface area contributed by atoms with Gasteiger partial charge in [-0.05, 0) is 49.7 Å². The van der Waals surface area contributed by atoms with Crippen LogP contribution in [0, 0.1) is 6.92 Å². The van der Waals surface area contributed by atoms with Crippen molar-refractivity contribution in [1.29, 1.82) is 0 Å². The molecule has 0 aliphatic rings. The number of pyridine rings is 1. The van der Waals surface area contributed by atoms with E-state index in [1.165, 1.54) is 0 Å².